The van der Waals surface area contributed by atoms with Gasteiger partial charge in [-0.25, -0.2) is 4.79 Å². The average Bonchev–Trinajstić information content (AvgIpc) is 2.36. The maximum absolute atomic E-state index is 11.4. The van der Waals surface area contributed by atoms with Crippen molar-refractivity contribution in [1.29, 1.82) is 0 Å². The Labute approximate surface area is 117 Å². The van der Waals surface area contributed by atoms with Crippen molar-refractivity contribution in [1.82, 2.24) is 15.2 Å². The van der Waals surface area contributed by atoms with E-state index < -0.39 is 6.03 Å². The van der Waals surface area contributed by atoms with Gasteiger partial charge in [-0.2, -0.15) is 4.99 Å². The molecule has 1 rings (SSSR count). The fourth-order valence-electron chi connectivity index (χ4n) is 1.30. The monoisotopic (exact) mass is 283 g/mol. The first-order valence-electron chi connectivity index (χ1n) is 5.89. The molecule has 0 bridgehead atoms. The van der Waals surface area contributed by atoms with Crippen LogP contribution >= 0.6 is 11.6 Å². The molecule has 0 aromatic carbocycles. The maximum Gasteiger partial charge on any atom is 0.344 e. The number of nitrogens with zero attached hydrogens (tertiary/aromatic N) is 3. The zero-order valence-electron chi connectivity index (χ0n) is 11.1. The van der Waals surface area contributed by atoms with E-state index in [9.17, 15) is 4.79 Å². The molecule has 3 N–H and O–H groups in total. The summed E-state index contributed by atoms with van der Waals surface area (Å²) < 4.78 is 0. The van der Waals surface area contributed by atoms with E-state index in [0.717, 1.165) is 12.1 Å². The lowest BCUT2D eigenvalue weighted by Crippen LogP contribution is -2.33. The van der Waals surface area contributed by atoms with E-state index in [2.05, 4.69) is 15.3 Å². The van der Waals surface area contributed by atoms with Crippen LogP contribution in [0.5, 0.6) is 0 Å². The average molecular weight is 284 g/mol. The van der Waals surface area contributed by atoms with E-state index in [4.69, 9.17) is 17.3 Å². The number of hydrogen-bond donors (Lipinski definition) is 2. The van der Waals surface area contributed by atoms with Gasteiger partial charge in [0.1, 0.15) is 0 Å². The molecular formula is C12H18ClN5O. The van der Waals surface area contributed by atoms with Crippen LogP contribution in [0.3, 0.4) is 0 Å². The number of halogens is 1. The summed E-state index contributed by atoms with van der Waals surface area (Å²) in [6.45, 7) is 0.496. The van der Waals surface area contributed by atoms with Gasteiger partial charge in [0.05, 0.1) is 10.7 Å². The molecule has 0 atom stereocenters. The highest BCUT2D eigenvalue weighted by Gasteiger charge is 2.03. The van der Waals surface area contributed by atoms with Gasteiger partial charge in [0.2, 0.25) is 0 Å². The highest BCUT2D eigenvalue weighted by molar-refractivity contribution is 6.31. The SMILES string of the molecule is CN(C)C(N)=NC(=O)NCCCc1ncccc1Cl. The van der Waals surface area contributed by atoms with Gasteiger partial charge in [-0.15, -0.1) is 0 Å². The number of carbonyl (C=O) groups excluding carboxylic acids is 1. The first kappa shape index (κ1) is 15.2. The number of carbonyl (C=O) groups is 1. The van der Waals surface area contributed by atoms with E-state index >= 15 is 0 Å². The molecule has 0 unspecified atom stereocenters. The van der Waals surface area contributed by atoms with Crippen LogP contribution in [0.4, 0.5) is 4.79 Å². The quantitative estimate of drug-likeness (QED) is 0.495. The molecule has 0 aliphatic heterocycles. The molecule has 0 radical (unpaired) electrons. The van der Waals surface area contributed by atoms with Crippen molar-refractivity contribution in [2.24, 2.45) is 10.7 Å². The van der Waals surface area contributed by atoms with Crippen molar-refractivity contribution < 1.29 is 4.79 Å². The van der Waals surface area contributed by atoms with Crippen LogP contribution in [0, 0.1) is 0 Å². The molecule has 0 fully saturated rings. The number of aliphatic imine (C=N–C) groups is 1. The summed E-state index contributed by atoms with van der Waals surface area (Å²) in [5.41, 5.74) is 6.35. The maximum atomic E-state index is 11.4. The van der Waals surface area contributed by atoms with Gasteiger partial charge < -0.3 is 16.0 Å². The van der Waals surface area contributed by atoms with Crippen molar-refractivity contribution in [2.75, 3.05) is 20.6 Å². The van der Waals surface area contributed by atoms with Gasteiger partial charge in [0.25, 0.3) is 0 Å². The van der Waals surface area contributed by atoms with E-state index in [1.807, 2.05) is 0 Å². The summed E-state index contributed by atoms with van der Waals surface area (Å²) in [6.07, 6.45) is 3.13. The van der Waals surface area contributed by atoms with E-state index in [1.54, 1.807) is 37.3 Å². The standard InChI is InChI=1S/C12H18ClN5O/c1-18(2)11(14)17-12(19)16-8-4-6-10-9(13)5-3-7-15-10/h3,5,7H,4,6,8H2,1-2H3,(H3,14,16,17,19). The smallest absolute Gasteiger partial charge is 0.344 e. The number of rotatable bonds is 4. The lowest BCUT2D eigenvalue weighted by molar-refractivity contribution is 0.249. The van der Waals surface area contributed by atoms with Gasteiger partial charge >= 0.3 is 6.03 Å². The molecule has 1 aromatic heterocycles. The van der Waals surface area contributed by atoms with E-state index in [-0.39, 0.29) is 5.96 Å². The van der Waals surface area contributed by atoms with Crippen LogP contribution in [0.15, 0.2) is 23.3 Å². The number of nitrogens with one attached hydrogen (secondary N) is 1. The van der Waals surface area contributed by atoms with Gasteiger partial charge in [-0.3, -0.25) is 4.98 Å². The van der Waals surface area contributed by atoms with Crippen LogP contribution in [-0.2, 0) is 6.42 Å². The molecule has 1 aromatic rings. The Morgan fingerprint density at radius 2 is 2.32 bits per heavy atom. The first-order chi connectivity index (χ1) is 9.00. The Morgan fingerprint density at radius 3 is 2.95 bits per heavy atom. The van der Waals surface area contributed by atoms with Crippen molar-refractivity contribution in [3.63, 3.8) is 0 Å². The molecule has 1 heterocycles. The molecule has 0 aliphatic carbocycles. The lowest BCUT2D eigenvalue weighted by Gasteiger charge is -2.10. The minimum Gasteiger partial charge on any atom is -0.369 e. The molecule has 2 amide bonds. The molecule has 7 heteroatoms. The molecule has 0 saturated heterocycles. The van der Waals surface area contributed by atoms with Crippen LogP contribution in [0.1, 0.15) is 12.1 Å². The predicted octanol–water partition coefficient (Wildman–Crippen LogP) is 1.25. The largest absolute Gasteiger partial charge is 0.369 e. The Bertz CT molecular complexity index is 461. The number of pyridine rings is 1. The highest BCUT2D eigenvalue weighted by atomic mass is 35.5. The second-order valence-electron chi connectivity index (χ2n) is 4.13. The van der Waals surface area contributed by atoms with E-state index in [0.29, 0.717) is 18.0 Å². The first-order valence-corrected chi connectivity index (χ1v) is 6.27. The normalized spacial score (nSPS) is 11.2. The van der Waals surface area contributed by atoms with Crippen LogP contribution in [0.25, 0.3) is 0 Å². The molecule has 6 nitrogen and oxygen atoms in total. The van der Waals surface area contributed by atoms with Crippen LogP contribution in [-0.4, -0.2) is 42.5 Å². The molecule has 19 heavy (non-hydrogen) atoms. The number of guanidine groups is 1. The number of aryl methyl sites for hydroxylation is 1. The summed E-state index contributed by atoms with van der Waals surface area (Å²) in [5.74, 6) is 0.172. The number of aromatic nitrogens is 1. The predicted molar refractivity (Wildman–Crippen MR) is 76.3 cm³/mol. The summed E-state index contributed by atoms with van der Waals surface area (Å²) in [7, 11) is 3.43. The third-order valence-corrected chi connectivity index (χ3v) is 2.72. The molecule has 0 saturated carbocycles. The van der Waals surface area contributed by atoms with Crippen molar-refractivity contribution in [3.05, 3.63) is 29.0 Å². The van der Waals surface area contributed by atoms with Crippen molar-refractivity contribution >= 4 is 23.6 Å². The minimum atomic E-state index is -0.446. The summed E-state index contributed by atoms with van der Waals surface area (Å²) in [4.78, 5) is 20.8. The van der Waals surface area contributed by atoms with Crippen LogP contribution in [0.2, 0.25) is 5.02 Å². The third-order valence-electron chi connectivity index (χ3n) is 2.38. The molecule has 0 aliphatic rings. The molecular weight excluding hydrogens is 266 g/mol. The third kappa shape index (κ3) is 5.56. The van der Waals surface area contributed by atoms with Crippen molar-refractivity contribution in [3.8, 4) is 0 Å². The molecule has 104 valence electrons. The van der Waals surface area contributed by atoms with Gasteiger partial charge in [-0.05, 0) is 25.0 Å². The number of urea groups is 1. The van der Waals surface area contributed by atoms with Crippen LogP contribution < -0.4 is 11.1 Å². The second-order valence-corrected chi connectivity index (χ2v) is 4.54. The minimum absolute atomic E-state index is 0.172. The van der Waals surface area contributed by atoms with Crippen molar-refractivity contribution in [2.45, 2.75) is 12.8 Å². The number of amides is 2. The summed E-state index contributed by atoms with van der Waals surface area (Å²) in [6, 6.07) is 3.13. The summed E-state index contributed by atoms with van der Waals surface area (Å²) in [5, 5.41) is 3.30. The van der Waals surface area contributed by atoms with Gasteiger partial charge in [0.15, 0.2) is 5.96 Å². The summed E-state index contributed by atoms with van der Waals surface area (Å²) >= 11 is 5.98. The fourth-order valence-corrected chi connectivity index (χ4v) is 1.51. The lowest BCUT2D eigenvalue weighted by atomic mass is 10.2. The zero-order chi connectivity index (χ0) is 14.3. The molecule has 0 spiro atoms. The Kier molecular flexibility index (Phi) is 6.08. The number of hydrogen-bond acceptors (Lipinski definition) is 2. The van der Waals surface area contributed by atoms with Gasteiger partial charge in [0, 0.05) is 26.8 Å². The topological polar surface area (TPSA) is 83.6 Å². The number of nitrogens with two attached hydrogens (primary N) is 1. The second kappa shape index (κ2) is 7.58. The fraction of sp³-hybridized carbons (Fsp3) is 0.417. The highest BCUT2D eigenvalue weighted by Crippen LogP contribution is 2.13. The van der Waals surface area contributed by atoms with Gasteiger partial charge in [-0.1, -0.05) is 11.6 Å². The Hall–Kier alpha value is -1.82. The van der Waals surface area contributed by atoms with E-state index in [1.165, 1.54) is 0 Å². The zero-order valence-corrected chi connectivity index (χ0v) is 11.8. The Balaban J connectivity index is 2.30. The Morgan fingerprint density at radius 1 is 1.58 bits per heavy atom.